The van der Waals surface area contributed by atoms with Gasteiger partial charge in [0.15, 0.2) is 0 Å². The molecule has 106 valence electrons. The van der Waals surface area contributed by atoms with Crippen LogP contribution in [0.4, 0.5) is 5.69 Å². The maximum Gasteiger partial charge on any atom is 0.238 e. The molecule has 1 amide bonds. The van der Waals surface area contributed by atoms with Gasteiger partial charge in [-0.3, -0.25) is 4.79 Å². The van der Waals surface area contributed by atoms with Gasteiger partial charge in [0.1, 0.15) is 0 Å². The van der Waals surface area contributed by atoms with Crippen LogP contribution < -0.4 is 10.6 Å². The van der Waals surface area contributed by atoms with Crippen LogP contribution in [-0.2, 0) is 4.79 Å². The van der Waals surface area contributed by atoms with Gasteiger partial charge in [-0.1, -0.05) is 38.4 Å². The average Bonchev–Trinajstić information content (AvgIpc) is 2.28. The van der Waals surface area contributed by atoms with Crippen molar-refractivity contribution in [2.45, 2.75) is 34.1 Å². The van der Waals surface area contributed by atoms with Crippen LogP contribution in [0.5, 0.6) is 0 Å². The average molecular weight is 283 g/mol. The number of aryl methyl sites for hydroxylation is 1. The predicted molar refractivity (Wildman–Crippen MR) is 81.8 cm³/mol. The summed E-state index contributed by atoms with van der Waals surface area (Å²) in [5, 5.41) is 6.64. The Bertz CT molecular complexity index is 438. The van der Waals surface area contributed by atoms with Gasteiger partial charge in [-0.05, 0) is 43.0 Å². The van der Waals surface area contributed by atoms with E-state index in [9.17, 15) is 4.79 Å². The van der Waals surface area contributed by atoms with Crippen LogP contribution in [0.3, 0.4) is 0 Å². The Hall–Kier alpha value is -1.06. The van der Waals surface area contributed by atoms with Crippen molar-refractivity contribution in [3.8, 4) is 0 Å². The summed E-state index contributed by atoms with van der Waals surface area (Å²) in [5.41, 5.74) is 2.06. The lowest BCUT2D eigenvalue weighted by atomic mass is 9.92. The molecule has 0 spiro atoms. The van der Waals surface area contributed by atoms with E-state index in [1.165, 1.54) is 0 Å². The molecule has 0 aliphatic carbocycles. The Balaban J connectivity index is 2.37. The molecule has 3 nitrogen and oxygen atoms in total. The first-order chi connectivity index (χ1) is 8.78. The number of carbonyl (C=O) groups is 1. The first-order valence-electron chi connectivity index (χ1n) is 6.55. The van der Waals surface area contributed by atoms with E-state index < -0.39 is 0 Å². The number of halogens is 1. The van der Waals surface area contributed by atoms with Crippen LogP contribution in [0.15, 0.2) is 18.2 Å². The van der Waals surface area contributed by atoms with Gasteiger partial charge < -0.3 is 10.6 Å². The Morgan fingerprint density at radius 1 is 1.32 bits per heavy atom. The third kappa shape index (κ3) is 6.60. The summed E-state index contributed by atoms with van der Waals surface area (Å²) in [4.78, 5) is 11.8. The molecule has 1 aromatic rings. The number of nitrogens with one attached hydrogen (secondary N) is 2. The number of carbonyl (C=O) groups excluding carboxylic acids is 1. The number of rotatable bonds is 5. The molecule has 0 saturated carbocycles. The Morgan fingerprint density at radius 3 is 2.63 bits per heavy atom. The summed E-state index contributed by atoms with van der Waals surface area (Å²) < 4.78 is 0. The molecule has 0 aliphatic heterocycles. The van der Waals surface area contributed by atoms with E-state index in [1.54, 1.807) is 6.07 Å². The lowest BCUT2D eigenvalue weighted by Crippen LogP contribution is -2.30. The Kier molecular flexibility index (Phi) is 5.83. The summed E-state index contributed by atoms with van der Waals surface area (Å²) in [6, 6.07) is 5.48. The third-order valence-corrected chi connectivity index (χ3v) is 3.05. The van der Waals surface area contributed by atoms with Gasteiger partial charge >= 0.3 is 0 Å². The van der Waals surface area contributed by atoms with Crippen molar-refractivity contribution in [2.24, 2.45) is 5.41 Å². The maximum atomic E-state index is 11.8. The topological polar surface area (TPSA) is 41.1 Å². The molecule has 0 aliphatic rings. The SMILES string of the molecule is Cc1ccc(Cl)cc1NC(=O)CNCCC(C)(C)C. The van der Waals surface area contributed by atoms with Crippen molar-refractivity contribution in [3.63, 3.8) is 0 Å². The van der Waals surface area contributed by atoms with E-state index in [0.717, 1.165) is 24.2 Å². The molecule has 0 bridgehead atoms. The minimum Gasteiger partial charge on any atom is -0.325 e. The number of hydrogen-bond donors (Lipinski definition) is 2. The van der Waals surface area contributed by atoms with Crippen LogP contribution in [0.1, 0.15) is 32.8 Å². The van der Waals surface area contributed by atoms with Crippen LogP contribution in [0.2, 0.25) is 5.02 Å². The van der Waals surface area contributed by atoms with Gasteiger partial charge in [0, 0.05) is 10.7 Å². The molecular weight excluding hydrogens is 260 g/mol. The second kappa shape index (κ2) is 6.92. The summed E-state index contributed by atoms with van der Waals surface area (Å²) in [5.74, 6) is -0.0423. The van der Waals surface area contributed by atoms with E-state index in [1.807, 2.05) is 19.1 Å². The largest absolute Gasteiger partial charge is 0.325 e. The first-order valence-corrected chi connectivity index (χ1v) is 6.92. The van der Waals surface area contributed by atoms with E-state index in [4.69, 9.17) is 11.6 Å². The fourth-order valence-electron chi connectivity index (χ4n) is 1.59. The normalized spacial score (nSPS) is 11.4. The zero-order valence-corrected chi connectivity index (χ0v) is 12.9. The van der Waals surface area contributed by atoms with Crippen molar-refractivity contribution >= 4 is 23.2 Å². The van der Waals surface area contributed by atoms with Crippen molar-refractivity contribution < 1.29 is 4.79 Å². The molecule has 1 aromatic carbocycles. The lowest BCUT2D eigenvalue weighted by Gasteiger charge is -2.18. The standard InChI is InChI=1S/C15H23ClN2O/c1-11-5-6-12(16)9-13(11)18-14(19)10-17-8-7-15(2,3)4/h5-6,9,17H,7-8,10H2,1-4H3,(H,18,19). The quantitative estimate of drug-likeness (QED) is 0.810. The summed E-state index contributed by atoms with van der Waals surface area (Å²) in [7, 11) is 0. The van der Waals surface area contributed by atoms with E-state index in [0.29, 0.717) is 11.6 Å². The highest BCUT2D eigenvalue weighted by Gasteiger charge is 2.10. The van der Waals surface area contributed by atoms with E-state index in [2.05, 4.69) is 31.4 Å². The predicted octanol–water partition coefficient (Wildman–Crippen LogP) is 3.61. The van der Waals surface area contributed by atoms with Crippen molar-refractivity contribution in [2.75, 3.05) is 18.4 Å². The monoisotopic (exact) mass is 282 g/mol. The molecule has 0 unspecified atom stereocenters. The third-order valence-electron chi connectivity index (χ3n) is 2.81. The molecule has 0 atom stereocenters. The molecule has 1 rings (SSSR count). The van der Waals surface area contributed by atoms with Gasteiger partial charge in [0.05, 0.1) is 6.54 Å². The Morgan fingerprint density at radius 2 is 2.00 bits per heavy atom. The van der Waals surface area contributed by atoms with Crippen LogP contribution in [-0.4, -0.2) is 19.0 Å². The van der Waals surface area contributed by atoms with Gasteiger partial charge in [0.25, 0.3) is 0 Å². The van der Waals surface area contributed by atoms with Crippen molar-refractivity contribution in [1.29, 1.82) is 0 Å². The molecule has 4 heteroatoms. The fourth-order valence-corrected chi connectivity index (χ4v) is 1.76. The highest BCUT2D eigenvalue weighted by molar-refractivity contribution is 6.31. The number of amides is 1. The highest BCUT2D eigenvalue weighted by atomic mass is 35.5. The van der Waals surface area contributed by atoms with E-state index >= 15 is 0 Å². The van der Waals surface area contributed by atoms with Crippen molar-refractivity contribution in [3.05, 3.63) is 28.8 Å². The minimum atomic E-state index is -0.0423. The highest BCUT2D eigenvalue weighted by Crippen LogP contribution is 2.20. The van der Waals surface area contributed by atoms with Crippen LogP contribution in [0.25, 0.3) is 0 Å². The van der Waals surface area contributed by atoms with Crippen LogP contribution >= 0.6 is 11.6 Å². The number of anilines is 1. The fraction of sp³-hybridized carbons (Fsp3) is 0.533. The molecule has 0 heterocycles. The smallest absolute Gasteiger partial charge is 0.238 e. The molecule has 2 N–H and O–H groups in total. The second-order valence-electron chi connectivity index (χ2n) is 5.99. The van der Waals surface area contributed by atoms with Gasteiger partial charge in [-0.25, -0.2) is 0 Å². The summed E-state index contributed by atoms with van der Waals surface area (Å²) in [6.07, 6.45) is 1.04. The van der Waals surface area contributed by atoms with E-state index in [-0.39, 0.29) is 11.3 Å². The van der Waals surface area contributed by atoms with Gasteiger partial charge in [0.2, 0.25) is 5.91 Å². The van der Waals surface area contributed by atoms with Gasteiger partial charge in [-0.2, -0.15) is 0 Å². The lowest BCUT2D eigenvalue weighted by molar-refractivity contribution is -0.115. The molecular formula is C15H23ClN2O. The molecule has 0 saturated heterocycles. The van der Waals surface area contributed by atoms with Gasteiger partial charge in [-0.15, -0.1) is 0 Å². The van der Waals surface area contributed by atoms with Crippen molar-refractivity contribution in [1.82, 2.24) is 5.32 Å². The molecule has 19 heavy (non-hydrogen) atoms. The Labute approximate surface area is 120 Å². The summed E-state index contributed by atoms with van der Waals surface area (Å²) in [6.45, 7) is 9.66. The number of benzene rings is 1. The van der Waals surface area contributed by atoms with Crippen LogP contribution in [0, 0.1) is 12.3 Å². The molecule has 0 aromatic heterocycles. The molecule has 0 radical (unpaired) electrons. The minimum absolute atomic E-state index is 0.0423. The first kappa shape index (κ1) is 16.0. The zero-order valence-electron chi connectivity index (χ0n) is 12.1. The maximum absolute atomic E-state index is 11.8. The number of hydrogen-bond acceptors (Lipinski definition) is 2. The molecule has 0 fully saturated rings. The summed E-state index contributed by atoms with van der Waals surface area (Å²) >= 11 is 5.91. The second-order valence-corrected chi connectivity index (χ2v) is 6.43. The zero-order chi connectivity index (χ0) is 14.5.